The second-order valence-corrected chi connectivity index (χ2v) is 7.52. The van der Waals surface area contributed by atoms with Crippen LogP contribution < -0.4 is 10.2 Å². The number of carbonyl (C=O) groups is 2. The van der Waals surface area contributed by atoms with E-state index in [1.807, 2.05) is 0 Å². The summed E-state index contributed by atoms with van der Waals surface area (Å²) in [6, 6.07) is 9.64. The average Bonchev–Trinajstić information content (AvgIpc) is 2.87. The monoisotopic (exact) mass is 456 g/mol. The van der Waals surface area contributed by atoms with Crippen molar-refractivity contribution in [1.82, 2.24) is 9.97 Å². The Kier molecular flexibility index (Phi) is 6.10. The van der Waals surface area contributed by atoms with Crippen LogP contribution >= 0.6 is 0 Å². The first-order valence-corrected chi connectivity index (χ1v) is 10.0. The van der Waals surface area contributed by atoms with Gasteiger partial charge in [0.05, 0.1) is 23.6 Å². The van der Waals surface area contributed by atoms with E-state index in [-0.39, 0.29) is 28.2 Å². The second-order valence-electron chi connectivity index (χ2n) is 7.52. The van der Waals surface area contributed by atoms with Gasteiger partial charge in [-0.1, -0.05) is 18.2 Å². The summed E-state index contributed by atoms with van der Waals surface area (Å²) < 4.78 is 40.5. The lowest BCUT2D eigenvalue weighted by Gasteiger charge is -2.25. The SMILES string of the molecule is Cc1cc2c(c(F)n1)-c1cccnc1[C@@H](CO)C(=O)N2CC(=O)Nc1ccc(C(F)F)cc1. The Balaban J connectivity index is 1.72. The van der Waals surface area contributed by atoms with Crippen molar-refractivity contribution in [3.05, 3.63) is 71.6 Å². The lowest BCUT2D eigenvalue weighted by Crippen LogP contribution is -2.41. The Morgan fingerprint density at radius 2 is 1.97 bits per heavy atom. The van der Waals surface area contributed by atoms with Gasteiger partial charge in [0.25, 0.3) is 6.43 Å². The molecule has 0 spiro atoms. The highest BCUT2D eigenvalue weighted by Crippen LogP contribution is 2.41. The van der Waals surface area contributed by atoms with Crippen LogP contribution in [0.25, 0.3) is 11.1 Å². The Bertz CT molecular complexity index is 1220. The van der Waals surface area contributed by atoms with Crippen LogP contribution in [0.5, 0.6) is 0 Å². The molecule has 0 radical (unpaired) electrons. The molecule has 10 heteroatoms. The number of aromatic nitrogens is 2. The zero-order chi connectivity index (χ0) is 23.7. The van der Waals surface area contributed by atoms with E-state index < -0.39 is 43.3 Å². The van der Waals surface area contributed by atoms with E-state index in [1.54, 1.807) is 19.1 Å². The van der Waals surface area contributed by atoms with Crippen molar-refractivity contribution in [2.45, 2.75) is 19.3 Å². The van der Waals surface area contributed by atoms with Crippen molar-refractivity contribution in [1.29, 1.82) is 0 Å². The number of rotatable bonds is 5. The van der Waals surface area contributed by atoms with E-state index in [2.05, 4.69) is 15.3 Å². The summed E-state index contributed by atoms with van der Waals surface area (Å²) in [6.45, 7) is 0.448. The van der Waals surface area contributed by atoms with Crippen LogP contribution in [0, 0.1) is 12.9 Å². The lowest BCUT2D eigenvalue weighted by molar-refractivity contribution is -0.123. The number of nitrogens with one attached hydrogen (secondary N) is 1. The van der Waals surface area contributed by atoms with Crippen LogP contribution in [0.1, 0.15) is 29.3 Å². The first kappa shape index (κ1) is 22.4. The maximum absolute atomic E-state index is 15.0. The van der Waals surface area contributed by atoms with E-state index in [1.165, 1.54) is 36.5 Å². The van der Waals surface area contributed by atoms with Gasteiger partial charge in [0.15, 0.2) is 0 Å². The molecule has 170 valence electrons. The molecule has 4 rings (SSSR count). The van der Waals surface area contributed by atoms with Crippen molar-refractivity contribution in [3.8, 4) is 11.1 Å². The molecular weight excluding hydrogens is 437 g/mol. The molecule has 0 bridgehead atoms. The number of aryl methyl sites for hydroxylation is 1. The number of hydrogen-bond acceptors (Lipinski definition) is 5. The third-order valence-corrected chi connectivity index (χ3v) is 5.31. The fourth-order valence-electron chi connectivity index (χ4n) is 3.79. The maximum atomic E-state index is 15.0. The number of nitrogens with zero attached hydrogens (tertiary/aromatic N) is 3. The molecule has 3 aromatic rings. The van der Waals surface area contributed by atoms with Gasteiger partial charge in [0.1, 0.15) is 12.5 Å². The minimum Gasteiger partial charge on any atom is -0.395 e. The Morgan fingerprint density at radius 1 is 1.24 bits per heavy atom. The van der Waals surface area contributed by atoms with Gasteiger partial charge < -0.3 is 15.3 Å². The Labute approximate surface area is 186 Å². The number of aliphatic hydroxyl groups is 1. The number of alkyl halides is 2. The van der Waals surface area contributed by atoms with Crippen molar-refractivity contribution in [3.63, 3.8) is 0 Å². The minimum atomic E-state index is -2.64. The quantitative estimate of drug-likeness (QED) is 0.572. The molecule has 0 unspecified atom stereocenters. The lowest BCUT2D eigenvalue weighted by atomic mass is 9.97. The molecular formula is C23H19F3N4O3. The van der Waals surface area contributed by atoms with Gasteiger partial charge >= 0.3 is 0 Å². The number of fused-ring (bicyclic) bond motifs is 3. The number of pyridine rings is 2. The predicted octanol–water partition coefficient (Wildman–Crippen LogP) is 3.59. The maximum Gasteiger partial charge on any atom is 0.263 e. The number of aliphatic hydroxyl groups excluding tert-OH is 1. The average molecular weight is 456 g/mol. The number of carbonyl (C=O) groups excluding carboxylic acids is 2. The fourth-order valence-corrected chi connectivity index (χ4v) is 3.79. The molecule has 0 saturated carbocycles. The topological polar surface area (TPSA) is 95.4 Å². The minimum absolute atomic E-state index is 0.00193. The van der Waals surface area contributed by atoms with Crippen molar-refractivity contribution in [2.75, 3.05) is 23.4 Å². The summed E-state index contributed by atoms with van der Waals surface area (Å²) in [5.41, 5.74) is 0.962. The van der Waals surface area contributed by atoms with E-state index in [9.17, 15) is 23.5 Å². The molecule has 2 amide bonds. The summed E-state index contributed by atoms with van der Waals surface area (Å²) in [7, 11) is 0. The predicted molar refractivity (Wildman–Crippen MR) is 114 cm³/mol. The fraction of sp³-hybridized carbons (Fsp3) is 0.217. The Hall–Kier alpha value is -3.79. The van der Waals surface area contributed by atoms with Crippen LogP contribution in [-0.4, -0.2) is 40.0 Å². The van der Waals surface area contributed by atoms with E-state index >= 15 is 4.39 Å². The van der Waals surface area contributed by atoms with Crippen molar-refractivity contribution < 1.29 is 27.9 Å². The summed E-state index contributed by atoms with van der Waals surface area (Å²) in [4.78, 5) is 35.2. The van der Waals surface area contributed by atoms with Crippen molar-refractivity contribution in [2.24, 2.45) is 0 Å². The summed E-state index contributed by atoms with van der Waals surface area (Å²) in [6.07, 6.45) is -1.21. The van der Waals surface area contributed by atoms with Gasteiger partial charge in [0, 0.05) is 28.7 Å². The van der Waals surface area contributed by atoms with Gasteiger partial charge in [-0.05, 0) is 31.2 Å². The molecule has 1 aliphatic rings. The molecule has 0 saturated heterocycles. The number of halogens is 3. The second kappa shape index (κ2) is 8.99. The summed E-state index contributed by atoms with van der Waals surface area (Å²) >= 11 is 0. The molecule has 1 aromatic carbocycles. The molecule has 0 fully saturated rings. The zero-order valence-corrected chi connectivity index (χ0v) is 17.4. The molecule has 1 atom stereocenters. The van der Waals surface area contributed by atoms with E-state index in [4.69, 9.17) is 0 Å². The van der Waals surface area contributed by atoms with Gasteiger partial charge in [-0.2, -0.15) is 4.39 Å². The first-order chi connectivity index (χ1) is 15.8. The van der Waals surface area contributed by atoms with Crippen LogP contribution in [-0.2, 0) is 9.59 Å². The highest BCUT2D eigenvalue weighted by molar-refractivity contribution is 6.09. The van der Waals surface area contributed by atoms with Crippen LogP contribution in [0.4, 0.5) is 24.5 Å². The zero-order valence-electron chi connectivity index (χ0n) is 17.4. The molecule has 3 heterocycles. The highest BCUT2D eigenvalue weighted by atomic mass is 19.3. The normalized spacial score (nSPS) is 15.2. The smallest absolute Gasteiger partial charge is 0.263 e. The number of anilines is 2. The number of amides is 2. The van der Waals surface area contributed by atoms with Crippen LogP contribution in [0.3, 0.4) is 0 Å². The number of hydrogen-bond donors (Lipinski definition) is 2. The van der Waals surface area contributed by atoms with E-state index in [0.717, 1.165) is 4.90 Å². The Morgan fingerprint density at radius 3 is 2.64 bits per heavy atom. The molecule has 1 aliphatic heterocycles. The largest absolute Gasteiger partial charge is 0.395 e. The number of benzene rings is 1. The standard InChI is InChI=1S/C23H19F3N4O3/c1-12-9-17-19(22(26)28-12)15-3-2-8-27-20(15)16(11-31)23(33)30(17)10-18(32)29-14-6-4-13(5-7-14)21(24)25/h2-9,16,21,31H,10-11H2,1H3,(H,29,32)/t16-/m1/s1. The van der Waals surface area contributed by atoms with Crippen LogP contribution in [0.2, 0.25) is 0 Å². The van der Waals surface area contributed by atoms with Gasteiger partial charge in [-0.15, -0.1) is 0 Å². The molecule has 2 aromatic heterocycles. The highest BCUT2D eigenvalue weighted by Gasteiger charge is 2.37. The third-order valence-electron chi connectivity index (χ3n) is 5.31. The van der Waals surface area contributed by atoms with Crippen LogP contribution in [0.15, 0.2) is 48.7 Å². The van der Waals surface area contributed by atoms with Gasteiger partial charge in [-0.3, -0.25) is 14.6 Å². The van der Waals surface area contributed by atoms with E-state index in [0.29, 0.717) is 11.3 Å². The van der Waals surface area contributed by atoms with Gasteiger partial charge in [-0.25, -0.2) is 13.8 Å². The van der Waals surface area contributed by atoms with Gasteiger partial charge in [0.2, 0.25) is 17.8 Å². The third kappa shape index (κ3) is 4.29. The molecule has 0 aliphatic carbocycles. The summed E-state index contributed by atoms with van der Waals surface area (Å²) in [5.74, 6) is -3.22. The molecule has 7 nitrogen and oxygen atoms in total. The van der Waals surface area contributed by atoms with Crippen molar-refractivity contribution >= 4 is 23.2 Å². The first-order valence-electron chi connectivity index (χ1n) is 10.0. The summed E-state index contributed by atoms with van der Waals surface area (Å²) in [5, 5.41) is 12.5. The molecule has 2 N–H and O–H groups in total. The molecule has 33 heavy (non-hydrogen) atoms.